The number of thioether (sulfide) groups is 1. The highest BCUT2D eigenvalue weighted by molar-refractivity contribution is 8.00. The third kappa shape index (κ3) is 5.57. The predicted molar refractivity (Wildman–Crippen MR) is 139 cm³/mol. The summed E-state index contributed by atoms with van der Waals surface area (Å²) in [5, 5.41) is 16.7. The Labute approximate surface area is 209 Å². The zero-order valence-corrected chi connectivity index (χ0v) is 21.5. The molecule has 0 bridgehead atoms. The Morgan fingerprint density at radius 2 is 1.80 bits per heavy atom. The predicted octanol–water partition coefficient (Wildman–Crippen LogP) is 4.67. The quantitative estimate of drug-likeness (QED) is 0.343. The number of carbonyl (C=O) groups is 1. The summed E-state index contributed by atoms with van der Waals surface area (Å²) in [4.78, 5) is 13.0. The van der Waals surface area contributed by atoms with Crippen LogP contribution in [0, 0.1) is 13.8 Å². The van der Waals surface area contributed by atoms with Gasteiger partial charge in [-0.2, -0.15) is 5.10 Å². The number of carbonyl (C=O) groups excluding carboxylic acids is 1. The minimum atomic E-state index is -0.377. The first kappa shape index (κ1) is 24.5. The zero-order chi connectivity index (χ0) is 24.9. The molecule has 2 aromatic heterocycles. The van der Waals surface area contributed by atoms with Gasteiger partial charge in [0.2, 0.25) is 5.91 Å². The summed E-state index contributed by atoms with van der Waals surface area (Å²) in [5.41, 5.74) is 4.64. The van der Waals surface area contributed by atoms with Crippen LogP contribution in [-0.2, 0) is 24.8 Å². The van der Waals surface area contributed by atoms with Gasteiger partial charge in [-0.15, -0.1) is 10.2 Å². The molecule has 8 nitrogen and oxygen atoms in total. The molecule has 2 heterocycles. The maximum Gasteiger partial charge on any atom is 0.237 e. The smallest absolute Gasteiger partial charge is 0.237 e. The van der Waals surface area contributed by atoms with Crippen LogP contribution in [0.15, 0.2) is 59.8 Å². The topological polar surface area (TPSA) is 86.9 Å². The van der Waals surface area contributed by atoms with E-state index in [1.54, 1.807) is 11.8 Å². The van der Waals surface area contributed by atoms with Crippen LogP contribution >= 0.6 is 11.8 Å². The average molecular weight is 491 g/mol. The fraction of sp³-hybridized carbons (Fsp3) is 0.308. The maximum absolute atomic E-state index is 13.0. The second-order valence-corrected chi connectivity index (χ2v) is 9.65. The van der Waals surface area contributed by atoms with Gasteiger partial charge in [-0.05, 0) is 57.0 Å². The molecule has 4 aromatic rings. The van der Waals surface area contributed by atoms with E-state index in [2.05, 4.69) is 37.3 Å². The average Bonchev–Trinajstić information content (AvgIpc) is 3.38. The largest absolute Gasteiger partial charge is 0.497 e. The number of anilines is 1. The molecule has 0 saturated carbocycles. The van der Waals surface area contributed by atoms with Crippen LogP contribution in [0.25, 0.3) is 11.4 Å². The summed E-state index contributed by atoms with van der Waals surface area (Å²) in [6, 6.07) is 18.1. The van der Waals surface area contributed by atoms with Crippen LogP contribution in [0.2, 0.25) is 0 Å². The van der Waals surface area contributed by atoms with Crippen molar-refractivity contribution in [2.75, 3.05) is 12.4 Å². The van der Waals surface area contributed by atoms with E-state index < -0.39 is 0 Å². The number of benzene rings is 2. The summed E-state index contributed by atoms with van der Waals surface area (Å²) >= 11 is 1.40. The van der Waals surface area contributed by atoms with E-state index in [9.17, 15) is 4.79 Å². The van der Waals surface area contributed by atoms with Crippen molar-refractivity contribution in [2.24, 2.45) is 7.05 Å². The molecule has 9 heteroatoms. The van der Waals surface area contributed by atoms with Gasteiger partial charge in [0.25, 0.3) is 0 Å². The highest BCUT2D eigenvalue weighted by atomic mass is 32.2. The molecule has 182 valence electrons. The van der Waals surface area contributed by atoms with Gasteiger partial charge in [-0.1, -0.05) is 42.1 Å². The van der Waals surface area contributed by atoms with Crippen molar-refractivity contribution in [3.05, 3.63) is 71.5 Å². The first-order chi connectivity index (χ1) is 16.9. The standard InChI is InChI=1S/C26H30N6O2S/c1-17-23(18(2)31(4)30-17)27-25(33)19(3)35-26-29-28-24(21-11-13-22(34-5)14-12-21)32(26)16-15-20-9-7-6-8-10-20/h6-14,19H,15-16H2,1-5H3,(H,27,33). The van der Waals surface area contributed by atoms with Crippen LogP contribution in [0.4, 0.5) is 5.69 Å². The van der Waals surface area contributed by atoms with Crippen molar-refractivity contribution in [3.8, 4) is 17.1 Å². The van der Waals surface area contributed by atoms with Crippen molar-refractivity contribution in [1.82, 2.24) is 24.5 Å². The van der Waals surface area contributed by atoms with Gasteiger partial charge < -0.3 is 14.6 Å². The third-order valence-electron chi connectivity index (χ3n) is 5.94. The number of nitrogens with one attached hydrogen (secondary N) is 1. The Morgan fingerprint density at radius 1 is 1.09 bits per heavy atom. The van der Waals surface area contributed by atoms with Crippen LogP contribution in [0.3, 0.4) is 0 Å². The van der Waals surface area contributed by atoms with E-state index in [1.165, 1.54) is 17.3 Å². The monoisotopic (exact) mass is 490 g/mol. The van der Waals surface area contributed by atoms with Crippen molar-refractivity contribution < 1.29 is 9.53 Å². The van der Waals surface area contributed by atoms with Crippen molar-refractivity contribution >= 4 is 23.4 Å². The minimum absolute atomic E-state index is 0.0993. The van der Waals surface area contributed by atoms with E-state index in [-0.39, 0.29) is 11.2 Å². The Bertz CT molecular complexity index is 1300. The highest BCUT2D eigenvalue weighted by Crippen LogP contribution is 2.29. The summed E-state index contributed by atoms with van der Waals surface area (Å²) in [6.45, 7) is 6.40. The number of ether oxygens (including phenoxy) is 1. The first-order valence-electron chi connectivity index (χ1n) is 11.5. The molecule has 0 radical (unpaired) electrons. The van der Waals surface area contributed by atoms with Gasteiger partial charge in [0.1, 0.15) is 5.75 Å². The molecule has 0 aliphatic carbocycles. The SMILES string of the molecule is COc1ccc(-c2nnc(SC(C)C(=O)Nc3c(C)nn(C)c3C)n2CCc2ccccc2)cc1. The molecule has 2 aromatic carbocycles. The van der Waals surface area contributed by atoms with Gasteiger partial charge in [-0.25, -0.2) is 0 Å². The van der Waals surface area contributed by atoms with Gasteiger partial charge in [-0.3, -0.25) is 9.48 Å². The molecule has 0 saturated heterocycles. The molecule has 0 spiro atoms. The van der Waals surface area contributed by atoms with Crippen LogP contribution in [-0.4, -0.2) is 42.8 Å². The summed E-state index contributed by atoms with van der Waals surface area (Å²) in [5.74, 6) is 1.44. The Hall–Kier alpha value is -3.59. The lowest BCUT2D eigenvalue weighted by molar-refractivity contribution is -0.115. The molecular formula is C26H30N6O2S. The van der Waals surface area contributed by atoms with Gasteiger partial charge >= 0.3 is 0 Å². The lowest BCUT2D eigenvalue weighted by Gasteiger charge is -2.14. The molecule has 1 amide bonds. The highest BCUT2D eigenvalue weighted by Gasteiger charge is 2.23. The number of hydrogen-bond donors (Lipinski definition) is 1. The van der Waals surface area contributed by atoms with Crippen molar-refractivity contribution in [2.45, 2.75) is 44.1 Å². The van der Waals surface area contributed by atoms with E-state index in [1.807, 2.05) is 70.3 Å². The van der Waals surface area contributed by atoms with E-state index in [0.717, 1.165) is 40.6 Å². The lowest BCUT2D eigenvalue weighted by Crippen LogP contribution is -2.23. The van der Waals surface area contributed by atoms with E-state index in [4.69, 9.17) is 4.74 Å². The van der Waals surface area contributed by atoms with Gasteiger partial charge in [0.15, 0.2) is 11.0 Å². The van der Waals surface area contributed by atoms with E-state index >= 15 is 0 Å². The number of rotatable bonds is 9. The summed E-state index contributed by atoms with van der Waals surface area (Å²) < 4.78 is 9.15. The molecule has 1 N–H and O–H groups in total. The number of methoxy groups -OCH3 is 1. The Morgan fingerprint density at radius 3 is 2.43 bits per heavy atom. The minimum Gasteiger partial charge on any atom is -0.497 e. The van der Waals surface area contributed by atoms with E-state index in [0.29, 0.717) is 11.7 Å². The number of aryl methyl sites for hydroxylation is 3. The molecule has 1 unspecified atom stereocenters. The first-order valence-corrected chi connectivity index (χ1v) is 12.3. The fourth-order valence-electron chi connectivity index (χ4n) is 3.81. The normalized spacial score (nSPS) is 11.9. The molecular weight excluding hydrogens is 460 g/mol. The zero-order valence-electron chi connectivity index (χ0n) is 20.6. The van der Waals surface area contributed by atoms with Crippen LogP contribution in [0.5, 0.6) is 5.75 Å². The molecule has 35 heavy (non-hydrogen) atoms. The lowest BCUT2D eigenvalue weighted by atomic mass is 10.1. The van der Waals surface area contributed by atoms with Gasteiger partial charge in [0.05, 0.1) is 29.4 Å². The molecule has 4 rings (SSSR count). The Kier molecular flexibility index (Phi) is 7.55. The summed E-state index contributed by atoms with van der Waals surface area (Å²) in [7, 11) is 3.51. The molecule has 1 atom stereocenters. The number of nitrogens with zero attached hydrogens (tertiary/aromatic N) is 5. The number of aromatic nitrogens is 5. The van der Waals surface area contributed by atoms with Crippen molar-refractivity contribution in [1.29, 1.82) is 0 Å². The van der Waals surface area contributed by atoms with Gasteiger partial charge in [0, 0.05) is 19.2 Å². The van der Waals surface area contributed by atoms with Crippen molar-refractivity contribution in [3.63, 3.8) is 0 Å². The Balaban J connectivity index is 1.57. The second-order valence-electron chi connectivity index (χ2n) is 8.34. The molecule has 0 aliphatic rings. The van der Waals surface area contributed by atoms with Crippen LogP contribution in [0.1, 0.15) is 23.9 Å². The van der Waals surface area contributed by atoms with Crippen LogP contribution < -0.4 is 10.1 Å². The third-order valence-corrected chi connectivity index (χ3v) is 7.02. The number of amides is 1. The molecule has 0 aliphatic heterocycles. The molecule has 0 fully saturated rings. The summed E-state index contributed by atoms with van der Waals surface area (Å²) in [6.07, 6.45) is 0.824. The second kappa shape index (κ2) is 10.8. The fourth-order valence-corrected chi connectivity index (χ4v) is 4.68. The number of hydrogen-bond acceptors (Lipinski definition) is 6. The maximum atomic E-state index is 13.0.